The minimum atomic E-state index is -0.340. The predicted molar refractivity (Wildman–Crippen MR) is 125 cm³/mol. The van der Waals surface area contributed by atoms with E-state index in [0.29, 0.717) is 39.0 Å². The summed E-state index contributed by atoms with van der Waals surface area (Å²) in [5, 5.41) is 4.29. The second kappa shape index (κ2) is 8.84. The molecule has 0 N–H and O–H groups in total. The first-order valence-corrected chi connectivity index (χ1v) is 10.9. The van der Waals surface area contributed by atoms with Gasteiger partial charge in [0.15, 0.2) is 17.3 Å². The molecular weight excluding hydrogens is 441 g/mol. The largest absolute Gasteiger partial charge is 0.493 e. The Morgan fingerprint density at radius 3 is 2.55 bits per heavy atom. The third-order valence-electron chi connectivity index (χ3n) is 5.01. The Morgan fingerprint density at radius 1 is 1.03 bits per heavy atom. The lowest BCUT2D eigenvalue weighted by Crippen LogP contribution is -2.23. The molecule has 0 aliphatic rings. The van der Waals surface area contributed by atoms with Crippen molar-refractivity contribution in [2.75, 3.05) is 7.11 Å². The highest BCUT2D eigenvalue weighted by molar-refractivity contribution is 7.15. The number of hydrogen-bond donors (Lipinski definition) is 0. The average molecular weight is 460 g/mol. The van der Waals surface area contributed by atoms with Crippen molar-refractivity contribution in [2.24, 2.45) is 0 Å². The Labute approximate surface area is 192 Å². The molecule has 33 heavy (non-hydrogen) atoms. The lowest BCUT2D eigenvalue weighted by molar-refractivity contribution is 0.284. The molecule has 8 heteroatoms. The number of methoxy groups -OCH3 is 1. The van der Waals surface area contributed by atoms with Crippen molar-refractivity contribution >= 4 is 22.4 Å². The number of ether oxygens (including phenoxy) is 2. The molecule has 0 radical (unpaired) electrons. The zero-order chi connectivity index (χ0) is 22.8. The Bertz CT molecular complexity index is 1530. The van der Waals surface area contributed by atoms with Gasteiger partial charge < -0.3 is 9.47 Å². The van der Waals surface area contributed by atoms with E-state index in [1.54, 1.807) is 25.3 Å². The van der Waals surface area contributed by atoms with Gasteiger partial charge in [0.25, 0.3) is 5.56 Å². The first kappa shape index (κ1) is 20.8. The molecule has 0 unspecified atom stereocenters. The van der Waals surface area contributed by atoms with Crippen LogP contribution in [0.1, 0.15) is 11.1 Å². The zero-order valence-corrected chi connectivity index (χ0v) is 18.4. The predicted octanol–water partition coefficient (Wildman–Crippen LogP) is 4.09. The monoisotopic (exact) mass is 459 g/mol. The Morgan fingerprint density at radius 2 is 1.82 bits per heavy atom. The maximum absolute atomic E-state index is 13.2. The second-order valence-electron chi connectivity index (χ2n) is 7.24. The first-order chi connectivity index (χ1) is 16.1. The first-order valence-electron chi connectivity index (χ1n) is 10.1. The van der Waals surface area contributed by atoms with Crippen LogP contribution >= 0.6 is 11.3 Å². The van der Waals surface area contributed by atoms with Gasteiger partial charge in [0, 0.05) is 5.56 Å². The summed E-state index contributed by atoms with van der Waals surface area (Å²) in [5.74, 6) is 1.23. The van der Waals surface area contributed by atoms with Crippen LogP contribution in [0.2, 0.25) is 0 Å². The highest BCUT2D eigenvalue weighted by Gasteiger charge is 2.12. The maximum atomic E-state index is 13.2. The number of hydrogen-bond acceptors (Lipinski definition) is 6. The quantitative estimate of drug-likeness (QED) is 0.383. The molecule has 2 aromatic heterocycles. The van der Waals surface area contributed by atoms with Crippen LogP contribution in [0.3, 0.4) is 0 Å². The zero-order valence-electron chi connectivity index (χ0n) is 17.6. The van der Waals surface area contributed by atoms with Gasteiger partial charge in [-0.2, -0.15) is 9.50 Å². The van der Waals surface area contributed by atoms with Crippen LogP contribution in [0.15, 0.2) is 77.6 Å². The molecule has 0 fully saturated rings. The molecule has 0 saturated carbocycles. The molecule has 5 aromatic rings. The van der Waals surface area contributed by atoms with Gasteiger partial charge in [-0.15, -0.1) is 5.10 Å². The summed E-state index contributed by atoms with van der Waals surface area (Å²) < 4.78 is 26.3. The van der Waals surface area contributed by atoms with E-state index < -0.39 is 0 Å². The fourth-order valence-electron chi connectivity index (χ4n) is 3.33. The molecule has 0 atom stereocenters. The standard InChI is InChI=1S/C25H18FN3O3S/c1-31-21-13-17(7-12-20(21)32-15-16-5-3-2-4-6-16)14-22-24(30)29-25(33-22)27-23(28-29)18-8-10-19(26)11-9-18/h2-14H,15H2,1H3/b22-14-. The number of nitrogens with zero attached hydrogens (tertiary/aromatic N) is 3. The lowest BCUT2D eigenvalue weighted by atomic mass is 10.2. The highest BCUT2D eigenvalue weighted by atomic mass is 32.1. The third-order valence-corrected chi connectivity index (χ3v) is 5.97. The van der Waals surface area contributed by atoms with Crippen molar-refractivity contribution in [1.82, 2.24) is 14.6 Å². The number of thiazole rings is 1. The summed E-state index contributed by atoms with van der Waals surface area (Å²) in [7, 11) is 1.58. The van der Waals surface area contributed by atoms with E-state index in [-0.39, 0.29) is 11.4 Å². The fourth-order valence-corrected chi connectivity index (χ4v) is 4.24. The van der Waals surface area contributed by atoms with Crippen LogP contribution in [0.25, 0.3) is 22.4 Å². The number of rotatable bonds is 6. The van der Waals surface area contributed by atoms with Crippen molar-refractivity contribution in [3.63, 3.8) is 0 Å². The van der Waals surface area contributed by atoms with Gasteiger partial charge >= 0.3 is 0 Å². The summed E-state index contributed by atoms with van der Waals surface area (Å²) >= 11 is 1.24. The van der Waals surface area contributed by atoms with Gasteiger partial charge in [0.1, 0.15) is 12.4 Å². The SMILES string of the molecule is COc1cc(/C=c2\sc3nc(-c4ccc(F)cc4)nn3c2=O)ccc1OCc1ccccc1. The molecule has 0 bridgehead atoms. The summed E-state index contributed by atoms with van der Waals surface area (Å²) in [5.41, 5.74) is 2.23. The van der Waals surface area contributed by atoms with Gasteiger partial charge in [0.2, 0.25) is 4.96 Å². The van der Waals surface area contributed by atoms with E-state index in [2.05, 4.69) is 10.1 Å². The molecule has 3 aromatic carbocycles. The smallest absolute Gasteiger partial charge is 0.291 e. The molecule has 0 spiro atoms. The Balaban J connectivity index is 1.42. The topological polar surface area (TPSA) is 65.7 Å². The Kier molecular flexibility index (Phi) is 5.58. The molecule has 2 heterocycles. The van der Waals surface area contributed by atoms with E-state index in [1.165, 1.54) is 28.0 Å². The van der Waals surface area contributed by atoms with Gasteiger partial charge in [0.05, 0.1) is 11.6 Å². The van der Waals surface area contributed by atoms with E-state index in [0.717, 1.165) is 11.1 Å². The van der Waals surface area contributed by atoms with Crippen LogP contribution < -0.4 is 19.6 Å². The fraction of sp³-hybridized carbons (Fsp3) is 0.0800. The van der Waals surface area contributed by atoms with Gasteiger partial charge in [-0.05, 0) is 53.6 Å². The number of benzene rings is 3. The molecule has 164 valence electrons. The van der Waals surface area contributed by atoms with Crippen LogP contribution in [0.4, 0.5) is 4.39 Å². The van der Waals surface area contributed by atoms with Crippen molar-refractivity contribution in [3.8, 4) is 22.9 Å². The average Bonchev–Trinajstić information content (AvgIpc) is 3.38. The van der Waals surface area contributed by atoms with Crippen LogP contribution in [0, 0.1) is 5.82 Å². The molecule has 0 saturated heterocycles. The summed E-state index contributed by atoms with van der Waals surface area (Å²) in [4.78, 5) is 17.7. The van der Waals surface area contributed by atoms with E-state index in [4.69, 9.17) is 9.47 Å². The third kappa shape index (κ3) is 4.33. The molecule has 0 aliphatic heterocycles. The maximum Gasteiger partial charge on any atom is 0.291 e. The van der Waals surface area contributed by atoms with Gasteiger partial charge in [-0.25, -0.2) is 4.39 Å². The highest BCUT2D eigenvalue weighted by Crippen LogP contribution is 2.29. The van der Waals surface area contributed by atoms with E-state index >= 15 is 0 Å². The summed E-state index contributed by atoms with van der Waals surface area (Å²) in [6, 6.07) is 21.2. The van der Waals surface area contributed by atoms with Crippen molar-refractivity contribution in [2.45, 2.75) is 6.61 Å². The van der Waals surface area contributed by atoms with Crippen molar-refractivity contribution in [3.05, 3.63) is 105 Å². The second-order valence-corrected chi connectivity index (χ2v) is 8.25. The summed E-state index contributed by atoms with van der Waals surface area (Å²) in [6.45, 7) is 0.426. The minimum absolute atomic E-state index is 0.265. The van der Waals surface area contributed by atoms with Crippen LogP contribution in [-0.2, 0) is 6.61 Å². The van der Waals surface area contributed by atoms with E-state index in [1.807, 2.05) is 48.5 Å². The number of aromatic nitrogens is 3. The molecule has 5 rings (SSSR count). The number of halogens is 1. The van der Waals surface area contributed by atoms with E-state index in [9.17, 15) is 9.18 Å². The van der Waals surface area contributed by atoms with Gasteiger partial charge in [-0.3, -0.25) is 4.79 Å². The van der Waals surface area contributed by atoms with Crippen LogP contribution in [-0.4, -0.2) is 21.7 Å². The summed E-state index contributed by atoms with van der Waals surface area (Å²) in [6.07, 6.45) is 1.77. The van der Waals surface area contributed by atoms with Gasteiger partial charge in [-0.1, -0.05) is 47.7 Å². The minimum Gasteiger partial charge on any atom is -0.493 e. The normalized spacial score (nSPS) is 11.8. The number of fused-ring (bicyclic) bond motifs is 1. The van der Waals surface area contributed by atoms with Crippen molar-refractivity contribution in [1.29, 1.82) is 0 Å². The lowest BCUT2D eigenvalue weighted by Gasteiger charge is -2.11. The van der Waals surface area contributed by atoms with Crippen molar-refractivity contribution < 1.29 is 13.9 Å². The molecular formula is C25H18FN3O3S. The van der Waals surface area contributed by atoms with Crippen LogP contribution in [0.5, 0.6) is 11.5 Å². The molecule has 6 nitrogen and oxygen atoms in total. The molecule has 0 aliphatic carbocycles. The molecule has 0 amide bonds. The Hall–Kier alpha value is -4.04.